The van der Waals surface area contributed by atoms with E-state index in [0.29, 0.717) is 35.8 Å². The van der Waals surface area contributed by atoms with Crippen LogP contribution in [0.1, 0.15) is 26.9 Å². The maximum Gasteiger partial charge on any atom is 0.256 e. The molecule has 0 bridgehead atoms. The van der Waals surface area contributed by atoms with Gasteiger partial charge < -0.3 is 19.7 Å². The Hall–Kier alpha value is -2.67. The molecule has 2 unspecified atom stereocenters. The molecular weight excluding hydrogens is 376 g/mol. The summed E-state index contributed by atoms with van der Waals surface area (Å²) < 4.78 is 10.6. The van der Waals surface area contributed by atoms with Gasteiger partial charge in [0.1, 0.15) is 11.4 Å². The number of benzene rings is 2. The zero-order valence-electron chi connectivity index (χ0n) is 15.8. The summed E-state index contributed by atoms with van der Waals surface area (Å²) in [4.78, 5) is 27.2. The molecule has 2 aliphatic heterocycles. The van der Waals surface area contributed by atoms with Crippen LogP contribution in [0.4, 0.5) is 0 Å². The number of fused-ring (bicyclic) bond motifs is 3. The number of thioether (sulfide) groups is 1. The number of hydrogen-bond acceptors (Lipinski definition) is 5. The van der Waals surface area contributed by atoms with Crippen LogP contribution in [0.2, 0.25) is 0 Å². The number of methoxy groups -OCH3 is 2. The second kappa shape index (κ2) is 7.75. The van der Waals surface area contributed by atoms with Crippen molar-refractivity contribution < 1.29 is 19.1 Å². The molecule has 2 aromatic rings. The van der Waals surface area contributed by atoms with E-state index in [1.165, 1.54) is 0 Å². The van der Waals surface area contributed by atoms with Crippen LogP contribution >= 0.6 is 11.8 Å². The van der Waals surface area contributed by atoms with Gasteiger partial charge in [-0.2, -0.15) is 0 Å². The lowest BCUT2D eigenvalue weighted by Crippen LogP contribution is -2.46. The molecule has 2 amide bonds. The third-order valence-electron chi connectivity index (χ3n) is 5.16. The van der Waals surface area contributed by atoms with Gasteiger partial charge in [-0.25, -0.2) is 0 Å². The maximum atomic E-state index is 12.7. The molecule has 4 rings (SSSR count). The van der Waals surface area contributed by atoms with Crippen LogP contribution in [-0.2, 0) is 11.2 Å². The molecule has 1 N–H and O–H groups in total. The van der Waals surface area contributed by atoms with Gasteiger partial charge in [-0.15, -0.1) is 11.8 Å². The fraction of sp³-hybridized carbons (Fsp3) is 0.333. The molecule has 28 heavy (non-hydrogen) atoms. The number of rotatable bonds is 6. The average molecular weight is 398 g/mol. The second-order valence-electron chi connectivity index (χ2n) is 6.73. The van der Waals surface area contributed by atoms with Gasteiger partial charge in [0.2, 0.25) is 5.91 Å². The Balaban J connectivity index is 1.37. The Labute approximate surface area is 168 Å². The largest absolute Gasteiger partial charge is 0.493 e. The lowest BCUT2D eigenvalue weighted by atomic mass is 10.1. The first-order chi connectivity index (χ1) is 13.6. The molecule has 2 aromatic carbocycles. The van der Waals surface area contributed by atoms with Gasteiger partial charge in [0, 0.05) is 17.9 Å². The number of nitrogens with zero attached hydrogens (tertiary/aromatic N) is 1. The van der Waals surface area contributed by atoms with Gasteiger partial charge in [-0.05, 0) is 35.7 Å². The molecule has 6 nitrogen and oxygen atoms in total. The average Bonchev–Trinajstić information content (AvgIpc) is 3.28. The van der Waals surface area contributed by atoms with Crippen molar-refractivity contribution in [3.05, 3.63) is 59.2 Å². The molecule has 7 heteroatoms. The Morgan fingerprint density at radius 1 is 1.18 bits per heavy atom. The monoisotopic (exact) mass is 398 g/mol. The van der Waals surface area contributed by atoms with Crippen molar-refractivity contribution in [2.45, 2.75) is 17.8 Å². The standard InChI is InChI=1S/C21H22N2O4S/c1-26-17-8-7-13(11-18(17)27-2)9-10-22-19(24)16-12-28-21-15-6-4-3-5-14(15)20(25)23(16)21/h3-8,11,16,21H,9-10,12H2,1-2H3,(H,22,24). The van der Waals surface area contributed by atoms with Crippen LogP contribution in [0, 0.1) is 0 Å². The Morgan fingerprint density at radius 3 is 2.75 bits per heavy atom. The van der Waals surface area contributed by atoms with Crippen molar-refractivity contribution in [1.29, 1.82) is 0 Å². The van der Waals surface area contributed by atoms with Gasteiger partial charge >= 0.3 is 0 Å². The quantitative estimate of drug-likeness (QED) is 0.810. The number of carbonyl (C=O) groups excluding carboxylic acids is 2. The van der Waals surface area contributed by atoms with Crippen LogP contribution in [0.15, 0.2) is 42.5 Å². The van der Waals surface area contributed by atoms with E-state index in [-0.39, 0.29) is 17.2 Å². The van der Waals surface area contributed by atoms with Crippen LogP contribution in [0.25, 0.3) is 0 Å². The van der Waals surface area contributed by atoms with Crippen molar-refractivity contribution in [1.82, 2.24) is 10.2 Å². The minimum absolute atomic E-state index is 0.0503. The van der Waals surface area contributed by atoms with E-state index in [1.54, 1.807) is 30.9 Å². The molecule has 0 radical (unpaired) electrons. The molecule has 0 spiro atoms. The molecule has 1 saturated heterocycles. The summed E-state index contributed by atoms with van der Waals surface area (Å²) in [5, 5.41) is 2.93. The zero-order chi connectivity index (χ0) is 19.7. The van der Waals surface area contributed by atoms with E-state index in [0.717, 1.165) is 11.1 Å². The minimum atomic E-state index is -0.430. The second-order valence-corrected chi connectivity index (χ2v) is 7.84. The number of hydrogen-bond donors (Lipinski definition) is 1. The van der Waals surface area contributed by atoms with Crippen LogP contribution in [0.3, 0.4) is 0 Å². The molecule has 1 fully saturated rings. The first-order valence-electron chi connectivity index (χ1n) is 9.16. The summed E-state index contributed by atoms with van der Waals surface area (Å²) in [7, 11) is 3.20. The van der Waals surface area contributed by atoms with Crippen molar-refractivity contribution >= 4 is 23.6 Å². The molecule has 0 aliphatic carbocycles. The first-order valence-corrected chi connectivity index (χ1v) is 10.2. The zero-order valence-corrected chi connectivity index (χ0v) is 16.6. The van der Waals surface area contributed by atoms with Gasteiger partial charge in [-0.3, -0.25) is 9.59 Å². The van der Waals surface area contributed by atoms with Gasteiger partial charge in [-0.1, -0.05) is 24.3 Å². The number of ether oxygens (including phenoxy) is 2. The molecule has 0 saturated carbocycles. The highest BCUT2D eigenvalue weighted by Gasteiger charge is 2.48. The van der Waals surface area contributed by atoms with E-state index >= 15 is 0 Å². The van der Waals surface area contributed by atoms with Crippen LogP contribution < -0.4 is 14.8 Å². The fourth-order valence-electron chi connectivity index (χ4n) is 3.73. The summed E-state index contributed by atoms with van der Waals surface area (Å²) in [6, 6.07) is 12.9. The summed E-state index contributed by atoms with van der Waals surface area (Å²) >= 11 is 1.65. The smallest absolute Gasteiger partial charge is 0.256 e. The fourth-order valence-corrected chi connectivity index (χ4v) is 5.19. The van der Waals surface area contributed by atoms with Gasteiger partial charge in [0.15, 0.2) is 11.5 Å². The van der Waals surface area contributed by atoms with E-state index in [1.807, 2.05) is 42.5 Å². The van der Waals surface area contributed by atoms with E-state index in [9.17, 15) is 9.59 Å². The predicted molar refractivity (Wildman–Crippen MR) is 108 cm³/mol. The van der Waals surface area contributed by atoms with E-state index < -0.39 is 6.04 Å². The highest BCUT2D eigenvalue weighted by molar-refractivity contribution is 7.99. The topological polar surface area (TPSA) is 67.9 Å². The summed E-state index contributed by atoms with van der Waals surface area (Å²) in [6.07, 6.45) is 0.670. The number of amides is 2. The number of carbonyl (C=O) groups is 2. The van der Waals surface area contributed by atoms with Crippen molar-refractivity contribution in [3.63, 3.8) is 0 Å². The van der Waals surface area contributed by atoms with Crippen molar-refractivity contribution in [3.8, 4) is 11.5 Å². The Kier molecular flexibility index (Phi) is 5.17. The Morgan fingerprint density at radius 2 is 1.96 bits per heavy atom. The van der Waals surface area contributed by atoms with Crippen molar-refractivity contribution in [2.24, 2.45) is 0 Å². The third kappa shape index (κ3) is 3.20. The van der Waals surface area contributed by atoms with Gasteiger partial charge in [0.25, 0.3) is 5.91 Å². The normalized spacial score (nSPS) is 19.9. The highest BCUT2D eigenvalue weighted by Crippen LogP contribution is 2.48. The first kappa shape index (κ1) is 18.7. The molecule has 0 aromatic heterocycles. The van der Waals surface area contributed by atoms with Crippen molar-refractivity contribution in [2.75, 3.05) is 26.5 Å². The lowest BCUT2D eigenvalue weighted by molar-refractivity contribution is -0.124. The van der Waals surface area contributed by atoms with Crippen LogP contribution in [0.5, 0.6) is 11.5 Å². The maximum absolute atomic E-state index is 12.7. The highest BCUT2D eigenvalue weighted by atomic mass is 32.2. The van der Waals surface area contributed by atoms with E-state index in [2.05, 4.69) is 5.32 Å². The van der Waals surface area contributed by atoms with E-state index in [4.69, 9.17) is 9.47 Å². The SMILES string of the molecule is COc1ccc(CCNC(=O)C2CSC3c4ccccc4C(=O)N23)cc1OC. The third-order valence-corrected chi connectivity index (χ3v) is 6.46. The number of nitrogens with one attached hydrogen (secondary N) is 1. The molecule has 146 valence electrons. The Bertz CT molecular complexity index is 917. The lowest BCUT2D eigenvalue weighted by Gasteiger charge is -2.22. The molecule has 2 atom stereocenters. The minimum Gasteiger partial charge on any atom is -0.493 e. The summed E-state index contributed by atoms with van der Waals surface area (Å²) in [5.41, 5.74) is 2.77. The summed E-state index contributed by atoms with van der Waals surface area (Å²) in [6.45, 7) is 0.495. The molecular formula is C21H22N2O4S. The van der Waals surface area contributed by atoms with Gasteiger partial charge in [0.05, 0.1) is 14.2 Å². The molecule has 2 heterocycles. The summed E-state index contributed by atoms with van der Waals surface area (Å²) in [5.74, 6) is 1.81. The molecule has 2 aliphatic rings. The van der Waals surface area contributed by atoms with Crippen LogP contribution in [-0.4, -0.2) is 49.3 Å². The predicted octanol–water partition coefficient (Wildman–Crippen LogP) is 2.63.